The molecule has 0 saturated carbocycles. The maximum atomic E-state index is 12.7. The number of anilines is 1. The molecular formula is C27H21Cl2NO3. The van der Waals surface area contributed by atoms with E-state index in [2.05, 4.69) is 29.6 Å². The lowest BCUT2D eigenvalue weighted by molar-refractivity contribution is 0.0474. The Labute approximate surface area is 202 Å². The van der Waals surface area contributed by atoms with E-state index in [4.69, 9.17) is 27.9 Å². The second kappa shape index (κ2) is 9.05. The normalized spacial score (nSPS) is 20.5. The van der Waals surface area contributed by atoms with Crippen LogP contribution in [0.2, 0.25) is 10.0 Å². The van der Waals surface area contributed by atoms with E-state index in [1.807, 2.05) is 24.3 Å². The first kappa shape index (κ1) is 21.7. The third-order valence-electron chi connectivity index (χ3n) is 6.33. The summed E-state index contributed by atoms with van der Waals surface area (Å²) in [5.41, 5.74) is 4.14. The monoisotopic (exact) mass is 477 g/mol. The molecule has 1 aliphatic carbocycles. The zero-order chi connectivity index (χ0) is 22.9. The fourth-order valence-electron chi connectivity index (χ4n) is 4.66. The lowest BCUT2D eigenvalue weighted by atomic mass is 9.76. The smallest absolute Gasteiger partial charge is 0.338 e. The molecule has 0 radical (unpaired) electrons. The van der Waals surface area contributed by atoms with E-state index < -0.39 is 5.97 Å². The maximum absolute atomic E-state index is 12.7. The maximum Gasteiger partial charge on any atom is 0.338 e. The van der Waals surface area contributed by atoms with Gasteiger partial charge in [-0.3, -0.25) is 4.79 Å². The number of ketones is 1. The molecule has 3 atom stereocenters. The zero-order valence-corrected chi connectivity index (χ0v) is 19.1. The minimum Gasteiger partial charge on any atom is -0.454 e. The molecule has 166 valence electrons. The number of Topliss-reactive ketones (excluding diaryl/α,β-unsaturated/α-hetero) is 1. The van der Waals surface area contributed by atoms with Gasteiger partial charge in [-0.1, -0.05) is 47.5 Å². The van der Waals surface area contributed by atoms with Gasteiger partial charge in [0.15, 0.2) is 12.4 Å². The topological polar surface area (TPSA) is 55.4 Å². The Morgan fingerprint density at radius 2 is 1.58 bits per heavy atom. The van der Waals surface area contributed by atoms with Crippen LogP contribution in [0.4, 0.5) is 5.69 Å². The molecule has 3 aromatic carbocycles. The number of halogens is 2. The number of carbonyl (C=O) groups excluding carboxylic acids is 2. The number of hydrogen-bond donors (Lipinski definition) is 1. The number of fused-ring (bicyclic) bond motifs is 3. The predicted octanol–water partition coefficient (Wildman–Crippen LogP) is 6.86. The van der Waals surface area contributed by atoms with Gasteiger partial charge >= 0.3 is 5.97 Å². The van der Waals surface area contributed by atoms with E-state index in [-0.39, 0.29) is 24.3 Å². The number of carbonyl (C=O) groups is 2. The molecule has 5 rings (SSSR count). The standard InChI is InChI=1S/C27H21Cl2NO3/c28-19-9-4-16(5-10-19)25(31)15-33-27(32)18-8-13-24-23(14-18)21-2-1-3-22(21)26(30-24)17-6-11-20(29)12-7-17/h1-2,4-14,21-22,26,30H,3,15H2/t21-,22+,26-/m1/s1. The zero-order valence-electron chi connectivity index (χ0n) is 17.6. The van der Waals surface area contributed by atoms with Crippen LogP contribution < -0.4 is 5.32 Å². The molecule has 0 aromatic heterocycles. The Kier molecular flexibility index (Phi) is 5.96. The van der Waals surface area contributed by atoms with Crippen LogP contribution in [0.5, 0.6) is 0 Å². The number of nitrogens with one attached hydrogen (secondary N) is 1. The lowest BCUT2D eigenvalue weighted by Gasteiger charge is -2.37. The molecule has 0 fully saturated rings. The first-order valence-electron chi connectivity index (χ1n) is 10.8. The number of esters is 1. The quantitative estimate of drug-likeness (QED) is 0.247. The summed E-state index contributed by atoms with van der Waals surface area (Å²) in [5.74, 6) is -0.246. The Hall–Kier alpha value is -3.08. The highest BCUT2D eigenvalue weighted by Crippen LogP contribution is 2.50. The number of allylic oxidation sites excluding steroid dienone is 2. The van der Waals surface area contributed by atoms with Gasteiger partial charge in [0, 0.05) is 27.2 Å². The third-order valence-corrected chi connectivity index (χ3v) is 6.83. The number of ether oxygens (including phenoxy) is 1. The summed E-state index contributed by atoms with van der Waals surface area (Å²) in [5, 5.41) is 4.91. The number of benzene rings is 3. The van der Waals surface area contributed by atoms with Gasteiger partial charge in [0.2, 0.25) is 0 Å². The summed E-state index contributed by atoms with van der Waals surface area (Å²) in [6.45, 7) is -0.319. The van der Waals surface area contributed by atoms with E-state index in [0.29, 0.717) is 27.1 Å². The van der Waals surface area contributed by atoms with Crippen molar-refractivity contribution < 1.29 is 14.3 Å². The first-order chi connectivity index (χ1) is 16.0. The van der Waals surface area contributed by atoms with Gasteiger partial charge in [-0.05, 0) is 78.1 Å². The summed E-state index contributed by atoms with van der Waals surface area (Å²) in [6, 6.07) is 20.1. The minimum atomic E-state index is -0.515. The second-order valence-corrected chi connectivity index (χ2v) is 9.21. The highest BCUT2D eigenvalue weighted by molar-refractivity contribution is 6.30. The molecule has 1 heterocycles. The van der Waals surface area contributed by atoms with Crippen molar-refractivity contribution in [3.05, 3.63) is 111 Å². The van der Waals surface area contributed by atoms with Crippen LogP contribution in [0, 0.1) is 5.92 Å². The van der Waals surface area contributed by atoms with Crippen molar-refractivity contribution in [2.75, 3.05) is 11.9 Å². The third kappa shape index (κ3) is 4.41. The van der Waals surface area contributed by atoms with Gasteiger partial charge < -0.3 is 10.1 Å². The molecule has 1 N–H and O–H groups in total. The van der Waals surface area contributed by atoms with E-state index >= 15 is 0 Å². The van der Waals surface area contributed by atoms with Gasteiger partial charge in [0.05, 0.1) is 11.6 Å². The van der Waals surface area contributed by atoms with Crippen molar-refractivity contribution in [3.63, 3.8) is 0 Å². The molecule has 0 bridgehead atoms. The summed E-state index contributed by atoms with van der Waals surface area (Å²) < 4.78 is 5.31. The summed E-state index contributed by atoms with van der Waals surface area (Å²) in [6.07, 6.45) is 5.37. The van der Waals surface area contributed by atoms with Crippen LogP contribution in [0.15, 0.2) is 78.9 Å². The average Bonchev–Trinajstić information content (AvgIpc) is 3.33. The summed E-state index contributed by atoms with van der Waals surface area (Å²) in [4.78, 5) is 25.0. The lowest BCUT2D eigenvalue weighted by Crippen LogP contribution is -2.29. The van der Waals surface area contributed by atoms with E-state index in [9.17, 15) is 9.59 Å². The molecule has 33 heavy (non-hydrogen) atoms. The minimum absolute atomic E-state index is 0.157. The van der Waals surface area contributed by atoms with Crippen LogP contribution >= 0.6 is 23.2 Å². The molecule has 3 aromatic rings. The van der Waals surface area contributed by atoms with Gasteiger partial charge in [0.25, 0.3) is 0 Å². The SMILES string of the molecule is O=C(COC(=O)c1ccc2c(c1)[C@@H]1C=CC[C@@H]1[C@@H](c1ccc(Cl)cc1)N2)c1ccc(Cl)cc1. The molecular weight excluding hydrogens is 457 g/mol. The molecule has 1 aliphatic heterocycles. The fourth-order valence-corrected chi connectivity index (χ4v) is 4.91. The van der Waals surface area contributed by atoms with Gasteiger partial charge in [0.1, 0.15) is 0 Å². The average molecular weight is 478 g/mol. The molecule has 6 heteroatoms. The molecule has 0 unspecified atom stereocenters. The molecule has 0 saturated heterocycles. The van der Waals surface area contributed by atoms with E-state index in [0.717, 1.165) is 17.7 Å². The van der Waals surface area contributed by atoms with Gasteiger partial charge in [-0.2, -0.15) is 0 Å². The first-order valence-corrected chi connectivity index (χ1v) is 11.5. The summed E-state index contributed by atoms with van der Waals surface area (Å²) in [7, 11) is 0. The van der Waals surface area contributed by atoms with E-state index in [1.165, 1.54) is 5.56 Å². The van der Waals surface area contributed by atoms with Crippen LogP contribution in [0.3, 0.4) is 0 Å². The van der Waals surface area contributed by atoms with Crippen molar-refractivity contribution in [1.82, 2.24) is 0 Å². The van der Waals surface area contributed by atoms with Gasteiger partial charge in [-0.15, -0.1) is 0 Å². The molecule has 0 amide bonds. The molecule has 2 aliphatic rings. The van der Waals surface area contributed by atoms with Crippen molar-refractivity contribution in [1.29, 1.82) is 0 Å². The van der Waals surface area contributed by atoms with Crippen molar-refractivity contribution >= 4 is 40.6 Å². The summed E-state index contributed by atoms with van der Waals surface area (Å²) >= 11 is 11.9. The van der Waals surface area contributed by atoms with Gasteiger partial charge in [-0.25, -0.2) is 4.79 Å². The van der Waals surface area contributed by atoms with Crippen molar-refractivity contribution in [3.8, 4) is 0 Å². The highest BCUT2D eigenvalue weighted by Gasteiger charge is 2.38. The van der Waals surface area contributed by atoms with Crippen LogP contribution in [-0.2, 0) is 4.74 Å². The Morgan fingerprint density at radius 3 is 2.30 bits per heavy atom. The van der Waals surface area contributed by atoms with Crippen molar-refractivity contribution in [2.24, 2.45) is 5.92 Å². The molecule has 0 spiro atoms. The van der Waals surface area contributed by atoms with Crippen LogP contribution in [0.1, 0.15) is 50.2 Å². The van der Waals surface area contributed by atoms with E-state index in [1.54, 1.807) is 30.3 Å². The number of rotatable bonds is 5. The Bertz CT molecular complexity index is 1240. The second-order valence-electron chi connectivity index (χ2n) is 8.34. The number of hydrogen-bond acceptors (Lipinski definition) is 4. The fraction of sp³-hybridized carbons (Fsp3) is 0.185. The molecule has 4 nitrogen and oxygen atoms in total. The highest BCUT2D eigenvalue weighted by atomic mass is 35.5. The largest absolute Gasteiger partial charge is 0.454 e. The van der Waals surface area contributed by atoms with Crippen LogP contribution in [-0.4, -0.2) is 18.4 Å². The predicted molar refractivity (Wildman–Crippen MR) is 130 cm³/mol. The Balaban J connectivity index is 1.33. The van der Waals surface area contributed by atoms with Crippen LogP contribution in [0.25, 0.3) is 0 Å². The van der Waals surface area contributed by atoms with Crippen molar-refractivity contribution in [2.45, 2.75) is 18.4 Å². The Morgan fingerprint density at radius 1 is 0.909 bits per heavy atom.